The Hall–Kier alpha value is -1.58. The topological polar surface area (TPSA) is 32.3 Å². The van der Waals surface area contributed by atoms with Crippen molar-refractivity contribution >= 4 is 6.03 Å². The molecule has 2 rings (SSSR count). The van der Waals surface area contributed by atoms with Gasteiger partial charge in [0, 0.05) is 19.6 Å². The van der Waals surface area contributed by atoms with E-state index in [1.54, 1.807) is 24.1 Å². The lowest BCUT2D eigenvalue weighted by Crippen LogP contribution is -2.43. The summed E-state index contributed by atoms with van der Waals surface area (Å²) in [7, 11) is 1.76. The van der Waals surface area contributed by atoms with Crippen LogP contribution < -0.4 is 5.32 Å². The van der Waals surface area contributed by atoms with Gasteiger partial charge < -0.3 is 10.2 Å². The maximum atomic E-state index is 12.8. The third kappa shape index (κ3) is 3.69. The van der Waals surface area contributed by atoms with Crippen LogP contribution in [0, 0.1) is 11.7 Å². The van der Waals surface area contributed by atoms with Crippen LogP contribution in [0.5, 0.6) is 0 Å². The van der Waals surface area contributed by atoms with Crippen molar-refractivity contribution in [3.63, 3.8) is 0 Å². The van der Waals surface area contributed by atoms with Gasteiger partial charge in [0.2, 0.25) is 0 Å². The second-order valence-corrected chi connectivity index (χ2v) is 5.45. The highest BCUT2D eigenvalue weighted by Crippen LogP contribution is 2.24. The summed E-state index contributed by atoms with van der Waals surface area (Å²) in [5.41, 5.74) is 0.929. The first-order chi connectivity index (χ1) is 9.06. The Morgan fingerprint density at radius 2 is 2.05 bits per heavy atom. The Morgan fingerprint density at radius 3 is 2.63 bits per heavy atom. The number of rotatable bonds is 3. The third-order valence-corrected chi connectivity index (χ3v) is 3.85. The van der Waals surface area contributed by atoms with Crippen LogP contribution in [-0.4, -0.2) is 24.0 Å². The summed E-state index contributed by atoms with van der Waals surface area (Å²) in [6.07, 6.45) is 3.44. The number of nitrogens with one attached hydrogen (secondary N) is 1. The van der Waals surface area contributed by atoms with E-state index in [4.69, 9.17) is 0 Å². The van der Waals surface area contributed by atoms with E-state index in [0.717, 1.165) is 12.0 Å². The van der Waals surface area contributed by atoms with Crippen molar-refractivity contribution in [3.05, 3.63) is 35.6 Å². The lowest BCUT2D eigenvalue weighted by atomic mass is 10.1. The smallest absolute Gasteiger partial charge is 0.317 e. The summed E-state index contributed by atoms with van der Waals surface area (Å²) in [4.78, 5) is 13.7. The van der Waals surface area contributed by atoms with Gasteiger partial charge in [-0.2, -0.15) is 0 Å². The van der Waals surface area contributed by atoms with Crippen molar-refractivity contribution in [2.45, 2.75) is 38.8 Å². The molecule has 2 unspecified atom stereocenters. The number of carbonyl (C=O) groups is 1. The minimum Gasteiger partial charge on any atom is -0.335 e. The molecule has 4 heteroatoms. The van der Waals surface area contributed by atoms with E-state index >= 15 is 0 Å². The van der Waals surface area contributed by atoms with Crippen LogP contribution in [-0.2, 0) is 6.54 Å². The number of carbonyl (C=O) groups excluding carboxylic acids is 1. The average molecular weight is 264 g/mol. The van der Waals surface area contributed by atoms with Crippen molar-refractivity contribution in [1.29, 1.82) is 0 Å². The molecule has 1 aliphatic carbocycles. The normalized spacial score (nSPS) is 22.3. The zero-order valence-corrected chi connectivity index (χ0v) is 11.5. The Morgan fingerprint density at radius 1 is 1.37 bits per heavy atom. The molecule has 1 aromatic carbocycles. The Balaban J connectivity index is 1.86. The summed E-state index contributed by atoms with van der Waals surface area (Å²) < 4.78 is 12.8. The van der Waals surface area contributed by atoms with E-state index in [0.29, 0.717) is 18.5 Å². The number of hydrogen-bond acceptors (Lipinski definition) is 1. The molecule has 0 saturated heterocycles. The van der Waals surface area contributed by atoms with E-state index in [1.807, 2.05) is 0 Å². The first-order valence-electron chi connectivity index (χ1n) is 6.82. The van der Waals surface area contributed by atoms with Gasteiger partial charge in [-0.05, 0) is 36.5 Å². The molecule has 3 nitrogen and oxygen atoms in total. The first-order valence-corrected chi connectivity index (χ1v) is 6.82. The summed E-state index contributed by atoms with van der Waals surface area (Å²) in [6, 6.07) is 6.49. The second kappa shape index (κ2) is 6.04. The van der Waals surface area contributed by atoms with Gasteiger partial charge >= 0.3 is 6.03 Å². The van der Waals surface area contributed by atoms with Crippen LogP contribution in [0.3, 0.4) is 0 Å². The minimum absolute atomic E-state index is 0.0527. The standard InChI is InChI=1S/C15H21FN2O/c1-11-4-3-5-14(11)17-15(19)18(2)10-12-6-8-13(16)9-7-12/h6-9,11,14H,3-5,10H2,1-2H3,(H,17,19). The monoisotopic (exact) mass is 264 g/mol. The van der Waals surface area contributed by atoms with Crippen LogP contribution in [0.4, 0.5) is 9.18 Å². The number of amides is 2. The van der Waals surface area contributed by atoms with E-state index in [9.17, 15) is 9.18 Å². The third-order valence-electron chi connectivity index (χ3n) is 3.85. The second-order valence-electron chi connectivity index (χ2n) is 5.45. The van der Waals surface area contributed by atoms with E-state index < -0.39 is 0 Å². The fraction of sp³-hybridized carbons (Fsp3) is 0.533. The fourth-order valence-corrected chi connectivity index (χ4v) is 2.56. The molecular weight excluding hydrogens is 243 g/mol. The Kier molecular flexibility index (Phi) is 4.40. The molecular formula is C15H21FN2O. The summed E-state index contributed by atoms with van der Waals surface area (Å²) in [5.74, 6) is 0.304. The van der Waals surface area contributed by atoms with Crippen LogP contribution in [0.15, 0.2) is 24.3 Å². The number of benzene rings is 1. The van der Waals surface area contributed by atoms with Crippen molar-refractivity contribution < 1.29 is 9.18 Å². The zero-order chi connectivity index (χ0) is 13.8. The van der Waals surface area contributed by atoms with E-state index in [2.05, 4.69) is 12.2 Å². The summed E-state index contributed by atoms with van der Waals surface area (Å²) >= 11 is 0. The van der Waals surface area contributed by atoms with Crippen LogP contribution in [0.2, 0.25) is 0 Å². The maximum Gasteiger partial charge on any atom is 0.317 e. The van der Waals surface area contributed by atoms with E-state index in [1.165, 1.54) is 25.0 Å². The predicted octanol–water partition coefficient (Wildman–Crippen LogP) is 3.16. The molecule has 1 aromatic rings. The maximum absolute atomic E-state index is 12.8. The average Bonchev–Trinajstić information content (AvgIpc) is 2.78. The highest BCUT2D eigenvalue weighted by Gasteiger charge is 2.25. The molecule has 0 bridgehead atoms. The van der Waals surface area contributed by atoms with Gasteiger partial charge in [0.1, 0.15) is 5.82 Å². The molecule has 2 amide bonds. The number of hydrogen-bond donors (Lipinski definition) is 1. The van der Waals surface area contributed by atoms with Gasteiger partial charge in [-0.15, -0.1) is 0 Å². The number of nitrogens with zero attached hydrogens (tertiary/aromatic N) is 1. The number of urea groups is 1. The molecule has 0 spiro atoms. The molecule has 19 heavy (non-hydrogen) atoms. The molecule has 1 saturated carbocycles. The van der Waals surface area contributed by atoms with Crippen LogP contribution >= 0.6 is 0 Å². The molecule has 1 aliphatic rings. The highest BCUT2D eigenvalue weighted by atomic mass is 19.1. The molecule has 0 radical (unpaired) electrons. The number of halogens is 1. The zero-order valence-electron chi connectivity index (χ0n) is 11.5. The molecule has 0 aliphatic heterocycles. The van der Waals surface area contributed by atoms with Crippen molar-refractivity contribution in [1.82, 2.24) is 10.2 Å². The van der Waals surface area contributed by atoms with Gasteiger partial charge in [-0.1, -0.05) is 25.5 Å². The van der Waals surface area contributed by atoms with Gasteiger partial charge in [-0.25, -0.2) is 9.18 Å². The summed E-state index contributed by atoms with van der Waals surface area (Å²) in [6.45, 7) is 2.67. The molecule has 0 heterocycles. The van der Waals surface area contributed by atoms with E-state index in [-0.39, 0.29) is 11.8 Å². The quantitative estimate of drug-likeness (QED) is 0.893. The van der Waals surface area contributed by atoms with Gasteiger partial charge in [0.15, 0.2) is 0 Å². The SMILES string of the molecule is CC1CCCC1NC(=O)N(C)Cc1ccc(F)cc1. The van der Waals surface area contributed by atoms with Crippen LogP contribution in [0.25, 0.3) is 0 Å². The lowest BCUT2D eigenvalue weighted by molar-refractivity contribution is 0.200. The first kappa shape index (κ1) is 13.8. The molecule has 1 N–H and O–H groups in total. The predicted molar refractivity (Wildman–Crippen MR) is 73.2 cm³/mol. The largest absolute Gasteiger partial charge is 0.335 e. The molecule has 2 atom stereocenters. The lowest BCUT2D eigenvalue weighted by Gasteiger charge is -2.23. The van der Waals surface area contributed by atoms with Gasteiger partial charge in [-0.3, -0.25) is 0 Å². The molecule has 0 aromatic heterocycles. The molecule has 1 fully saturated rings. The minimum atomic E-state index is -0.254. The van der Waals surface area contributed by atoms with Gasteiger partial charge in [0.05, 0.1) is 0 Å². The Labute approximate surface area is 113 Å². The molecule has 104 valence electrons. The van der Waals surface area contributed by atoms with Crippen molar-refractivity contribution in [3.8, 4) is 0 Å². The van der Waals surface area contributed by atoms with Crippen molar-refractivity contribution in [2.75, 3.05) is 7.05 Å². The fourth-order valence-electron chi connectivity index (χ4n) is 2.56. The summed E-state index contributed by atoms with van der Waals surface area (Å²) in [5, 5.41) is 3.07. The van der Waals surface area contributed by atoms with Gasteiger partial charge in [0.25, 0.3) is 0 Å². The van der Waals surface area contributed by atoms with Crippen molar-refractivity contribution in [2.24, 2.45) is 5.92 Å². The Bertz CT molecular complexity index is 432. The van der Waals surface area contributed by atoms with Crippen LogP contribution in [0.1, 0.15) is 31.7 Å². The highest BCUT2D eigenvalue weighted by molar-refractivity contribution is 5.74.